The van der Waals surface area contributed by atoms with Crippen LogP contribution >= 0.6 is 15.9 Å². The van der Waals surface area contributed by atoms with Gasteiger partial charge in [0, 0.05) is 29.3 Å². The van der Waals surface area contributed by atoms with E-state index in [-0.39, 0.29) is 29.6 Å². The van der Waals surface area contributed by atoms with Crippen LogP contribution in [0.5, 0.6) is 23.0 Å². The van der Waals surface area contributed by atoms with Crippen LogP contribution < -0.4 is 19.5 Å². The molecule has 2 atom stereocenters. The van der Waals surface area contributed by atoms with Gasteiger partial charge in [-0.15, -0.1) is 0 Å². The van der Waals surface area contributed by atoms with E-state index in [0.29, 0.717) is 51.4 Å². The van der Waals surface area contributed by atoms with Crippen LogP contribution in [0.25, 0.3) is 0 Å². The first-order chi connectivity index (χ1) is 18.7. The third-order valence-corrected chi connectivity index (χ3v) is 7.87. The summed E-state index contributed by atoms with van der Waals surface area (Å²) in [5.74, 6) is 0.104. The summed E-state index contributed by atoms with van der Waals surface area (Å²) in [6.07, 6.45) is 2.47. The molecule has 0 amide bonds. The number of carbonyl (C=O) groups is 2. The third kappa shape index (κ3) is 5.64. The number of rotatable bonds is 9. The standard InChI is InChI=1S/C30H34BrNO7/c1-6-7-10-39-30(35)26-16(2)32-21-12-18(17-8-9-23(36-3)24(14-17)37-4)13-22(33)28(21)27(26)19-11-20(31)29(34)25(15-19)38-5/h8-9,11,14-15,18,27,32,34H,6-7,10,12-13H2,1-5H3. The second-order valence-electron chi connectivity index (χ2n) is 9.67. The van der Waals surface area contributed by atoms with E-state index >= 15 is 0 Å². The molecule has 0 radical (unpaired) electrons. The second kappa shape index (κ2) is 12.2. The Morgan fingerprint density at radius 3 is 2.38 bits per heavy atom. The number of ketones is 1. The van der Waals surface area contributed by atoms with Crippen molar-refractivity contribution < 1.29 is 33.6 Å². The van der Waals surface area contributed by atoms with Crippen LogP contribution in [0.15, 0.2) is 57.3 Å². The van der Waals surface area contributed by atoms with E-state index in [9.17, 15) is 14.7 Å². The number of allylic oxidation sites excluding steroid dienone is 3. The molecule has 2 aliphatic rings. The molecule has 2 N–H and O–H groups in total. The molecule has 0 fully saturated rings. The molecule has 0 saturated carbocycles. The van der Waals surface area contributed by atoms with Crippen LogP contribution in [-0.4, -0.2) is 44.8 Å². The van der Waals surface area contributed by atoms with Gasteiger partial charge in [0.05, 0.1) is 38.0 Å². The van der Waals surface area contributed by atoms with Gasteiger partial charge in [-0.2, -0.15) is 0 Å². The molecule has 1 heterocycles. The van der Waals surface area contributed by atoms with Gasteiger partial charge in [-0.25, -0.2) is 4.79 Å². The molecular formula is C30H34BrNO7. The SMILES string of the molecule is CCCCOC(=O)C1=C(C)NC2=C(C(=O)CC(c3ccc(OC)c(OC)c3)C2)C1c1cc(Br)c(O)c(OC)c1. The maximum absolute atomic E-state index is 13.9. The number of halogens is 1. The molecule has 4 rings (SSSR count). The Labute approximate surface area is 237 Å². The number of aromatic hydroxyl groups is 1. The third-order valence-electron chi connectivity index (χ3n) is 7.26. The summed E-state index contributed by atoms with van der Waals surface area (Å²) >= 11 is 3.40. The van der Waals surface area contributed by atoms with Crippen LogP contribution in [-0.2, 0) is 14.3 Å². The number of dihydropyridines is 1. The molecule has 9 heteroatoms. The van der Waals surface area contributed by atoms with Gasteiger partial charge in [0.25, 0.3) is 0 Å². The first-order valence-corrected chi connectivity index (χ1v) is 13.7. The lowest BCUT2D eigenvalue weighted by Gasteiger charge is -2.37. The van der Waals surface area contributed by atoms with E-state index in [0.717, 1.165) is 24.1 Å². The van der Waals surface area contributed by atoms with Gasteiger partial charge in [0.2, 0.25) is 0 Å². The number of hydrogen-bond acceptors (Lipinski definition) is 8. The molecule has 1 aliphatic heterocycles. The van der Waals surface area contributed by atoms with Gasteiger partial charge < -0.3 is 29.4 Å². The predicted octanol–water partition coefficient (Wildman–Crippen LogP) is 5.89. The van der Waals surface area contributed by atoms with E-state index in [4.69, 9.17) is 18.9 Å². The van der Waals surface area contributed by atoms with Gasteiger partial charge >= 0.3 is 5.97 Å². The number of Topliss-reactive ketones (excluding diaryl/α,β-unsaturated/α-hetero) is 1. The molecule has 0 saturated heterocycles. The highest BCUT2D eigenvalue weighted by molar-refractivity contribution is 9.10. The minimum atomic E-state index is -0.681. The van der Waals surface area contributed by atoms with Crippen LogP contribution in [0.4, 0.5) is 0 Å². The molecule has 0 aromatic heterocycles. The highest BCUT2D eigenvalue weighted by atomic mass is 79.9. The van der Waals surface area contributed by atoms with Crippen molar-refractivity contribution in [3.05, 3.63) is 68.5 Å². The zero-order chi connectivity index (χ0) is 28.3. The Kier molecular flexibility index (Phi) is 8.90. The summed E-state index contributed by atoms with van der Waals surface area (Å²) in [6, 6.07) is 9.09. The number of benzene rings is 2. The highest BCUT2D eigenvalue weighted by Gasteiger charge is 2.42. The lowest BCUT2D eigenvalue weighted by molar-refractivity contribution is -0.139. The van der Waals surface area contributed by atoms with Crippen molar-refractivity contribution in [1.29, 1.82) is 0 Å². The summed E-state index contributed by atoms with van der Waals surface area (Å²) in [7, 11) is 4.63. The monoisotopic (exact) mass is 599 g/mol. The van der Waals surface area contributed by atoms with Crippen molar-refractivity contribution in [3.63, 3.8) is 0 Å². The number of ether oxygens (including phenoxy) is 4. The number of carbonyl (C=O) groups excluding carboxylic acids is 2. The molecule has 0 bridgehead atoms. The fraction of sp³-hybridized carbons (Fsp3) is 0.400. The maximum atomic E-state index is 13.9. The van der Waals surface area contributed by atoms with Crippen LogP contribution in [0.2, 0.25) is 0 Å². The molecule has 208 valence electrons. The molecule has 2 unspecified atom stereocenters. The van der Waals surface area contributed by atoms with Crippen LogP contribution in [0, 0.1) is 0 Å². The Morgan fingerprint density at radius 2 is 1.72 bits per heavy atom. The Balaban J connectivity index is 1.80. The van der Waals surface area contributed by atoms with Gasteiger partial charge in [0.15, 0.2) is 28.8 Å². The van der Waals surface area contributed by atoms with Gasteiger partial charge in [-0.1, -0.05) is 19.4 Å². The van der Waals surface area contributed by atoms with Gasteiger partial charge in [0.1, 0.15) is 0 Å². The van der Waals surface area contributed by atoms with E-state index in [1.54, 1.807) is 26.4 Å². The van der Waals surface area contributed by atoms with E-state index in [2.05, 4.69) is 21.2 Å². The van der Waals surface area contributed by atoms with Crippen LogP contribution in [0.1, 0.15) is 62.5 Å². The molecule has 2 aromatic carbocycles. The van der Waals surface area contributed by atoms with Crippen molar-refractivity contribution in [2.75, 3.05) is 27.9 Å². The number of unbranched alkanes of at least 4 members (excludes halogenated alkanes) is 1. The summed E-state index contributed by atoms with van der Waals surface area (Å²) in [6.45, 7) is 4.14. The normalized spacial score (nSPS) is 18.9. The van der Waals surface area contributed by atoms with E-state index < -0.39 is 11.9 Å². The smallest absolute Gasteiger partial charge is 0.336 e. The molecular weight excluding hydrogens is 566 g/mol. The zero-order valence-electron chi connectivity index (χ0n) is 22.9. The fourth-order valence-electron chi connectivity index (χ4n) is 5.29. The molecule has 1 aliphatic carbocycles. The van der Waals surface area contributed by atoms with Gasteiger partial charge in [-0.3, -0.25) is 4.79 Å². The molecule has 2 aromatic rings. The average molecular weight is 601 g/mol. The fourth-order valence-corrected chi connectivity index (χ4v) is 5.75. The van der Waals surface area contributed by atoms with Crippen molar-refractivity contribution in [2.24, 2.45) is 0 Å². The molecule has 0 spiro atoms. The Hall–Kier alpha value is -3.46. The second-order valence-corrected chi connectivity index (χ2v) is 10.5. The van der Waals surface area contributed by atoms with E-state index in [1.807, 2.05) is 32.0 Å². The van der Waals surface area contributed by atoms with Crippen molar-refractivity contribution in [1.82, 2.24) is 5.32 Å². The van der Waals surface area contributed by atoms with Crippen molar-refractivity contribution in [3.8, 4) is 23.0 Å². The van der Waals surface area contributed by atoms with Gasteiger partial charge in [-0.05, 0) is 77.0 Å². The Bertz CT molecular complexity index is 1350. The number of nitrogens with one attached hydrogen (secondary N) is 1. The summed E-state index contributed by atoms with van der Waals surface area (Å²) in [5, 5.41) is 13.8. The predicted molar refractivity (Wildman–Crippen MR) is 150 cm³/mol. The van der Waals surface area contributed by atoms with Crippen molar-refractivity contribution >= 4 is 27.7 Å². The summed E-state index contributed by atoms with van der Waals surface area (Å²) in [5.41, 5.74) is 3.91. The van der Waals surface area contributed by atoms with Crippen molar-refractivity contribution in [2.45, 2.75) is 51.4 Å². The number of esters is 1. The molecule has 8 nitrogen and oxygen atoms in total. The summed E-state index contributed by atoms with van der Waals surface area (Å²) < 4.78 is 22.3. The minimum absolute atomic E-state index is 0.0550. The topological polar surface area (TPSA) is 103 Å². The maximum Gasteiger partial charge on any atom is 0.336 e. The number of hydrogen-bond donors (Lipinski definition) is 2. The lowest BCUT2D eigenvalue weighted by Crippen LogP contribution is -2.36. The minimum Gasteiger partial charge on any atom is -0.503 e. The number of phenols is 1. The van der Waals surface area contributed by atoms with E-state index in [1.165, 1.54) is 7.11 Å². The average Bonchev–Trinajstić information content (AvgIpc) is 2.93. The lowest BCUT2D eigenvalue weighted by atomic mass is 9.71. The number of phenolic OH excluding ortho intramolecular Hbond substituents is 1. The quantitative estimate of drug-likeness (QED) is 0.272. The zero-order valence-corrected chi connectivity index (χ0v) is 24.4. The first-order valence-electron chi connectivity index (χ1n) is 12.9. The first kappa shape index (κ1) is 28.5. The number of methoxy groups -OCH3 is 3. The largest absolute Gasteiger partial charge is 0.503 e. The molecule has 39 heavy (non-hydrogen) atoms. The highest BCUT2D eigenvalue weighted by Crippen LogP contribution is 2.48. The summed E-state index contributed by atoms with van der Waals surface area (Å²) in [4.78, 5) is 27.3. The van der Waals surface area contributed by atoms with Crippen LogP contribution in [0.3, 0.4) is 0 Å². The Morgan fingerprint density at radius 1 is 1.03 bits per heavy atom.